The number of thioether (sulfide) groups is 1. The number of ether oxygens (including phenoxy) is 1. The first-order valence-electron chi connectivity index (χ1n) is 8.32. The Hall–Kier alpha value is -1.74. The minimum absolute atomic E-state index is 0.0247. The number of carbonyl (C=O) groups excluding carboxylic acids is 2. The van der Waals surface area contributed by atoms with Gasteiger partial charge in [-0.05, 0) is 38.1 Å². The van der Waals surface area contributed by atoms with Crippen molar-refractivity contribution in [3.63, 3.8) is 0 Å². The lowest BCUT2D eigenvalue weighted by molar-refractivity contribution is -0.135. The summed E-state index contributed by atoms with van der Waals surface area (Å²) in [5.74, 6) is 0.201. The highest BCUT2D eigenvalue weighted by Crippen LogP contribution is 2.25. The Morgan fingerprint density at radius 1 is 1.15 bits per heavy atom. The van der Waals surface area contributed by atoms with E-state index < -0.39 is 15.9 Å². The van der Waals surface area contributed by atoms with Crippen LogP contribution in [0, 0.1) is 0 Å². The van der Waals surface area contributed by atoms with E-state index in [0.29, 0.717) is 0 Å². The predicted octanol–water partition coefficient (Wildman–Crippen LogP) is 0.938. The van der Waals surface area contributed by atoms with Crippen molar-refractivity contribution in [2.45, 2.75) is 30.0 Å². The van der Waals surface area contributed by atoms with Crippen LogP contribution in [-0.2, 0) is 19.4 Å². The third kappa shape index (κ3) is 5.63. The Balaban J connectivity index is 1.85. The van der Waals surface area contributed by atoms with Crippen molar-refractivity contribution in [3.05, 3.63) is 24.3 Å². The molecule has 7 nitrogen and oxygen atoms in total. The first-order valence-corrected chi connectivity index (χ1v) is 11.0. The largest absolute Gasteiger partial charge is 0.497 e. The minimum atomic E-state index is -3.04. The molecule has 1 N–H and O–H groups in total. The molecule has 1 aliphatic heterocycles. The Morgan fingerprint density at radius 3 is 2.27 bits per heavy atom. The van der Waals surface area contributed by atoms with E-state index in [4.69, 9.17) is 4.74 Å². The summed E-state index contributed by atoms with van der Waals surface area (Å²) in [6.45, 7) is 3.75. The van der Waals surface area contributed by atoms with Crippen LogP contribution in [-0.4, -0.2) is 68.1 Å². The molecule has 1 aromatic rings. The van der Waals surface area contributed by atoms with Crippen LogP contribution in [0.1, 0.15) is 13.8 Å². The molecule has 0 bridgehead atoms. The van der Waals surface area contributed by atoms with Crippen LogP contribution in [0.4, 0.5) is 0 Å². The van der Waals surface area contributed by atoms with Crippen LogP contribution in [0.3, 0.4) is 0 Å². The van der Waals surface area contributed by atoms with Gasteiger partial charge in [-0.15, -0.1) is 11.8 Å². The molecule has 0 spiro atoms. The highest BCUT2D eigenvalue weighted by atomic mass is 32.2. The number of hydrogen-bond acceptors (Lipinski definition) is 6. The number of benzene rings is 1. The maximum Gasteiger partial charge on any atom is 0.244 e. The molecular weight excluding hydrogens is 376 g/mol. The van der Waals surface area contributed by atoms with Gasteiger partial charge in [0.05, 0.1) is 23.9 Å². The highest BCUT2D eigenvalue weighted by molar-refractivity contribution is 8.00. The summed E-state index contributed by atoms with van der Waals surface area (Å²) in [5, 5.41) is 2.34. The van der Waals surface area contributed by atoms with Crippen molar-refractivity contribution < 1.29 is 22.7 Å². The fraction of sp³-hybridized carbons (Fsp3) is 0.529. The molecule has 1 fully saturated rings. The van der Waals surface area contributed by atoms with E-state index in [-0.39, 0.29) is 41.7 Å². The lowest BCUT2D eigenvalue weighted by Gasteiger charge is -2.29. The van der Waals surface area contributed by atoms with Gasteiger partial charge in [-0.1, -0.05) is 0 Å². The van der Waals surface area contributed by atoms with Gasteiger partial charge in [0.25, 0.3) is 0 Å². The second-order valence-corrected chi connectivity index (χ2v) is 9.86. The summed E-state index contributed by atoms with van der Waals surface area (Å²) in [6, 6.07) is 6.70. The second-order valence-electron chi connectivity index (χ2n) is 6.14. The van der Waals surface area contributed by atoms with Crippen molar-refractivity contribution in [2.75, 3.05) is 31.7 Å². The van der Waals surface area contributed by atoms with E-state index >= 15 is 0 Å². The molecule has 0 radical (unpaired) electrons. The van der Waals surface area contributed by atoms with Gasteiger partial charge >= 0.3 is 0 Å². The number of amides is 2. The number of rotatable bonds is 6. The third-order valence-electron chi connectivity index (χ3n) is 4.13. The van der Waals surface area contributed by atoms with E-state index in [1.54, 1.807) is 21.0 Å². The van der Waals surface area contributed by atoms with E-state index in [2.05, 4.69) is 5.32 Å². The summed E-state index contributed by atoms with van der Waals surface area (Å²) in [5.41, 5.74) is 0. The van der Waals surface area contributed by atoms with Crippen LogP contribution in [0.25, 0.3) is 0 Å². The summed E-state index contributed by atoms with van der Waals surface area (Å²) >= 11 is 1.39. The lowest BCUT2D eigenvalue weighted by Crippen LogP contribution is -2.52. The zero-order valence-electron chi connectivity index (χ0n) is 15.1. The molecule has 2 amide bonds. The van der Waals surface area contributed by atoms with E-state index in [1.165, 1.54) is 16.7 Å². The summed E-state index contributed by atoms with van der Waals surface area (Å²) in [6.07, 6.45) is 0. The van der Waals surface area contributed by atoms with Gasteiger partial charge in [-0.2, -0.15) is 0 Å². The van der Waals surface area contributed by atoms with E-state index in [9.17, 15) is 18.0 Å². The molecule has 2 rings (SSSR count). The fourth-order valence-corrected chi connectivity index (χ4v) is 4.59. The molecule has 1 aromatic carbocycles. The van der Waals surface area contributed by atoms with Gasteiger partial charge in [0.2, 0.25) is 11.8 Å². The molecule has 1 aliphatic rings. The normalized spacial score (nSPS) is 18.7. The SMILES string of the molecule is COc1ccc(SC(C)C(=O)NC(C)C(=O)N2CCS(=O)(=O)CC2)cc1. The van der Waals surface area contributed by atoms with Crippen molar-refractivity contribution in [1.29, 1.82) is 0 Å². The van der Waals surface area contributed by atoms with Crippen LogP contribution >= 0.6 is 11.8 Å². The van der Waals surface area contributed by atoms with Crippen molar-refractivity contribution in [3.8, 4) is 5.75 Å². The van der Waals surface area contributed by atoms with Crippen molar-refractivity contribution >= 4 is 33.4 Å². The van der Waals surface area contributed by atoms with Crippen LogP contribution in [0.5, 0.6) is 5.75 Å². The quantitative estimate of drug-likeness (QED) is 0.715. The topological polar surface area (TPSA) is 92.8 Å². The van der Waals surface area contributed by atoms with Gasteiger partial charge in [-0.25, -0.2) is 8.42 Å². The molecule has 1 saturated heterocycles. The Kier molecular flexibility index (Phi) is 6.94. The number of nitrogens with zero attached hydrogens (tertiary/aromatic N) is 1. The lowest BCUT2D eigenvalue weighted by atomic mass is 10.2. The summed E-state index contributed by atoms with van der Waals surface area (Å²) < 4.78 is 28.0. The second kappa shape index (κ2) is 8.77. The molecular formula is C17H24N2O5S2. The van der Waals surface area contributed by atoms with Crippen LogP contribution in [0.15, 0.2) is 29.2 Å². The molecule has 144 valence electrons. The Morgan fingerprint density at radius 2 is 1.73 bits per heavy atom. The van der Waals surface area contributed by atoms with E-state index in [0.717, 1.165) is 10.6 Å². The average molecular weight is 401 g/mol. The zero-order valence-corrected chi connectivity index (χ0v) is 16.7. The third-order valence-corrected chi connectivity index (χ3v) is 6.85. The molecule has 2 unspecified atom stereocenters. The average Bonchev–Trinajstić information content (AvgIpc) is 2.61. The summed E-state index contributed by atoms with van der Waals surface area (Å²) in [7, 11) is -1.45. The molecule has 0 saturated carbocycles. The molecule has 9 heteroatoms. The molecule has 2 atom stereocenters. The predicted molar refractivity (Wildman–Crippen MR) is 101 cm³/mol. The Labute approximate surface area is 158 Å². The Bertz CT molecular complexity index is 735. The number of nitrogens with one attached hydrogen (secondary N) is 1. The standard InChI is InChI=1S/C17H24N2O5S2/c1-12(17(21)19-8-10-26(22,23)11-9-19)18-16(20)13(2)25-15-6-4-14(24-3)5-7-15/h4-7,12-13H,8-11H2,1-3H3,(H,18,20). The zero-order chi connectivity index (χ0) is 19.3. The van der Waals surface area contributed by atoms with Gasteiger partial charge in [-0.3, -0.25) is 9.59 Å². The van der Waals surface area contributed by atoms with Gasteiger partial charge in [0.1, 0.15) is 11.8 Å². The van der Waals surface area contributed by atoms with Gasteiger partial charge < -0.3 is 15.0 Å². The molecule has 0 aromatic heterocycles. The number of sulfone groups is 1. The highest BCUT2D eigenvalue weighted by Gasteiger charge is 2.29. The fourth-order valence-electron chi connectivity index (χ4n) is 2.51. The van der Waals surface area contributed by atoms with Crippen LogP contribution < -0.4 is 10.1 Å². The van der Waals surface area contributed by atoms with Crippen molar-refractivity contribution in [1.82, 2.24) is 10.2 Å². The summed E-state index contributed by atoms with van der Waals surface area (Å²) in [4.78, 5) is 27.2. The molecule has 1 heterocycles. The first-order chi connectivity index (χ1) is 12.2. The molecule has 26 heavy (non-hydrogen) atoms. The van der Waals surface area contributed by atoms with Gasteiger partial charge in [0.15, 0.2) is 9.84 Å². The number of carbonyl (C=O) groups is 2. The van der Waals surface area contributed by atoms with E-state index in [1.807, 2.05) is 24.3 Å². The monoisotopic (exact) mass is 400 g/mol. The molecule has 0 aliphatic carbocycles. The number of hydrogen-bond donors (Lipinski definition) is 1. The number of methoxy groups -OCH3 is 1. The maximum atomic E-state index is 12.4. The van der Waals surface area contributed by atoms with Gasteiger partial charge in [0, 0.05) is 18.0 Å². The smallest absolute Gasteiger partial charge is 0.244 e. The first kappa shape index (κ1) is 20.6. The minimum Gasteiger partial charge on any atom is -0.497 e. The van der Waals surface area contributed by atoms with Crippen molar-refractivity contribution in [2.24, 2.45) is 0 Å². The maximum absolute atomic E-state index is 12.4. The van der Waals surface area contributed by atoms with Crippen LogP contribution in [0.2, 0.25) is 0 Å².